The van der Waals surface area contributed by atoms with Crippen LogP contribution < -0.4 is 25.4 Å². The molecule has 2 aromatic rings. The molecule has 0 bridgehead atoms. The highest BCUT2D eigenvalue weighted by atomic mass is 19.4. The number of alkyl halides is 5. The van der Waals surface area contributed by atoms with Crippen LogP contribution in [-0.2, 0) is 14.4 Å². The first kappa shape index (κ1) is 34.3. The fraction of sp³-hybridized carbons (Fsp3) is 0.464. The van der Waals surface area contributed by atoms with Crippen molar-refractivity contribution in [1.29, 1.82) is 0 Å². The van der Waals surface area contributed by atoms with Crippen LogP contribution in [0, 0.1) is 19.8 Å². The summed E-state index contributed by atoms with van der Waals surface area (Å²) in [6.45, 7) is 3.83. The van der Waals surface area contributed by atoms with Crippen molar-refractivity contribution >= 4 is 17.7 Å². The molecule has 0 aromatic heterocycles. The largest absolute Gasteiger partial charge is 0.497 e. The van der Waals surface area contributed by atoms with Crippen molar-refractivity contribution in [3.8, 4) is 11.5 Å². The van der Waals surface area contributed by atoms with Gasteiger partial charge in [-0.2, -0.15) is 22.0 Å². The van der Waals surface area contributed by atoms with E-state index < -0.39 is 67.1 Å². The fourth-order valence-electron chi connectivity index (χ4n) is 3.98. The summed E-state index contributed by atoms with van der Waals surface area (Å²) in [5.74, 6) is -8.95. The van der Waals surface area contributed by atoms with E-state index in [0.717, 1.165) is 16.4 Å². The molecule has 0 spiro atoms. The summed E-state index contributed by atoms with van der Waals surface area (Å²) in [4.78, 5) is 38.0. The number of amides is 3. The summed E-state index contributed by atoms with van der Waals surface area (Å²) in [5.41, 5.74) is 1.99. The molecule has 2 rings (SSSR count). The van der Waals surface area contributed by atoms with Crippen LogP contribution in [0.25, 0.3) is 0 Å². The van der Waals surface area contributed by atoms with Crippen LogP contribution in [0.5, 0.6) is 11.5 Å². The van der Waals surface area contributed by atoms with Gasteiger partial charge < -0.3 is 30.5 Å². The van der Waals surface area contributed by atoms with Crippen LogP contribution in [-0.4, -0.2) is 67.3 Å². The molecule has 0 unspecified atom stereocenters. The van der Waals surface area contributed by atoms with Crippen molar-refractivity contribution in [2.45, 2.75) is 58.0 Å². The van der Waals surface area contributed by atoms with Gasteiger partial charge in [0.05, 0.1) is 13.2 Å². The Morgan fingerprint density at radius 2 is 1.48 bits per heavy atom. The number of hydrogen-bond donors (Lipinski definition) is 4. The summed E-state index contributed by atoms with van der Waals surface area (Å²) in [5, 5.41) is 16.1. The summed E-state index contributed by atoms with van der Waals surface area (Å²) >= 11 is 0. The number of benzene rings is 2. The molecule has 0 saturated heterocycles. The number of carbonyl (C=O) groups is 3. The van der Waals surface area contributed by atoms with Crippen LogP contribution in [0.1, 0.15) is 36.6 Å². The Kier molecular flexibility index (Phi) is 11.7. The highest BCUT2D eigenvalue weighted by Crippen LogP contribution is 2.27. The topological polar surface area (TPSA) is 126 Å². The SMILES string of the molecule is COc1ccc([C@H](NC(=O)COc2cc(C)cc(C)c2)C(=O)N[C@@H](C(C)C)[C@@H](O)C(F)(F)C(=O)NCC(F)(F)F)cc1. The lowest BCUT2D eigenvalue weighted by Crippen LogP contribution is -2.60. The predicted molar refractivity (Wildman–Crippen MR) is 142 cm³/mol. The highest BCUT2D eigenvalue weighted by Gasteiger charge is 2.52. The molecule has 0 aliphatic heterocycles. The zero-order valence-electron chi connectivity index (χ0n) is 23.6. The molecule has 0 radical (unpaired) electrons. The number of aryl methyl sites for hydroxylation is 2. The second kappa shape index (κ2) is 14.3. The Bertz CT molecular complexity index is 1220. The molecule has 0 heterocycles. The van der Waals surface area contributed by atoms with Crippen molar-refractivity contribution in [1.82, 2.24) is 16.0 Å². The molecule has 0 aliphatic carbocycles. The van der Waals surface area contributed by atoms with Gasteiger partial charge >= 0.3 is 12.1 Å². The second-order valence-electron chi connectivity index (χ2n) is 10.0. The van der Waals surface area contributed by atoms with Gasteiger partial charge in [-0.05, 0) is 60.7 Å². The summed E-state index contributed by atoms with van der Waals surface area (Å²) in [6, 6.07) is 7.87. The third-order valence-electron chi connectivity index (χ3n) is 6.07. The van der Waals surface area contributed by atoms with Gasteiger partial charge in [-0.15, -0.1) is 0 Å². The van der Waals surface area contributed by atoms with Crippen molar-refractivity contribution in [3.63, 3.8) is 0 Å². The molecule has 14 heteroatoms. The van der Waals surface area contributed by atoms with Gasteiger partial charge in [-0.3, -0.25) is 14.4 Å². The molecule has 0 saturated carbocycles. The molecular weight excluding hydrogens is 569 g/mol. The third kappa shape index (κ3) is 9.86. The lowest BCUT2D eigenvalue weighted by Gasteiger charge is -2.33. The smallest absolute Gasteiger partial charge is 0.405 e. The van der Waals surface area contributed by atoms with Gasteiger partial charge in [0.2, 0.25) is 5.91 Å². The third-order valence-corrected chi connectivity index (χ3v) is 6.07. The lowest BCUT2D eigenvalue weighted by molar-refractivity contribution is -0.175. The quantitative estimate of drug-likeness (QED) is 0.260. The maximum Gasteiger partial charge on any atom is 0.405 e. The normalized spacial score (nSPS) is 14.0. The fourth-order valence-corrected chi connectivity index (χ4v) is 3.98. The van der Waals surface area contributed by atoms with Crippen LogP contribution in [0.3, 0.4) is 0 Å². The van der Waals surface area contributed by atoms with E-state index in [0.29, 0.717) is 11.5 Å². The number of aliphatic hydroxyl groups is 1. The molecule has 42 heavy (non-hydrogen) atoms. The Morgan fingerprint density at radius 1 is 0.905 bits per heavy atom. The molecule has 0 fully saturated rings. The molecule has 9 nitrogen and oxygen atoms in total. The highest BCUT2D eigenvalue weighted by molar-refractivity contribution is 5.89. The standard InChI is InChI=1S/C28H34F5N3O6/c1-15(2)22(24(38)28(32,33)26(40)34-14-27(29,30)31)36-25(39)23(18-6-8-19(41-5)9-7-18)35-21(37)13-42-20-11-16(3)10-17(4)12-20/h6-12,15,22-24,38H,13-14H2,1-5H3,(H,34,40)(H,35,37)(H,36,39)/t22-,23-,24+/m0/s1. The number of hydrogen-bond acceptors (Lipinski definition) is 6. The molecule has 3 atom stereocenters. The molecule has 2 aromatic carbocycles. The number of rotatable bonds is 13. The second-order valence-corrected chi connectivity index (χ2v) is 10.0. The average molecular weight is 604 g/mol. The van der Waals surface area contributed by atoms with Crippen LogP contribution in [0.4, 0.5) is 22.0 Å². The van der Waals surface area contributed by atoms with E-state index in [1.165, 1.54) is 45.2 Å². The molecule has 3 amide bonds. The first-order chi connectivity index (χ1) is 19.4. The van der Waals surface area contributed by atoms with Gasteiger partial charge in [-0.1, -0.05) is 32.0 Å². The van der Waals surface area contributed by atoms with Gasteiger partial charge in [0.1, 0.15) is 30.2 Å². The maximum absolute atomic E-state index is 14.7. The first-order valence-corrected chi connectivity index (χ1v) is 12.8. The maximum atomic E-state index is 14.7. The number of aliphatic hydroxyl groups excluding tert-OH is 1. The van der Waals surface area contributed by atoms with Crippen LogP contribution >= 0.6 is 0 Å². The zero-order chi connectivity index (χ0) is 31.8. The molecule has 4 N–H and O–H groups in total. The van der Waals surface area contributed by atoms with E-state index in [9.17, 15) is 41.4 Å². The van der Waals surface area contributed by atoms with Gasteiger partial charge in [0, 0.05) is 0 Å². The summed E-state index contributed by atoms with van der Waals surface area (Å²) < 4.78 is 77.3. The van der Waals surface area contributed by atoms with Crippen molar-refractivity contribution < 1.29 is 50.9 Å². The number of ether oxygens (including phenoxy) is 2. The minimum absolute atomic E-state index is 0.208. The Morgan fingerprint density at radius 3 is 1.98 bits per heavy atom. The van der Waals surface area contributed by atoms with Crippen molar-refractivity contribution in [3.05, 3.63) is 59.2 Å². The Hall–Kier alpha value is -3.94. The van der Waals surface area contributed by atoms with E-state index in [1.807, 2.05) is 19.9 Å². The van der Waals surface area contributed by atoms with Gasteiger partial charge in [0.25, 0.3) is 11.8 Å². The number of nitrogens with one attached hydrogen (secondary N) is 3. The van der Waals surface area contributed by atoms with Crippen molar-refractivity contribution in [2.75, 3.05) is 20.3 Å². The van der Waals surface area contributed by atoms with E-state index in [1.54, 1.807) is 12.1 Å². The minimum atomic E-state index is -4.96. The van der Waals surface area contributed by atoms with E-state index in [4.69, 9.17) is 9.47 Å². The minimum Gasteiger partial charge on any atom is -0.497 e. The summed E-state index contributed by atoms with van der Waals surface area (Å²) in [7, 11) is 1.41. The van der Waals surface area contributed by atoms with Gasteiger partial charge in [-0.25, -0.2) is 0 Å². The Labute approximate surface area is 239 Å². The van der Waals surface area contributed by atoms with Gasteiger partial charge in [0.15, 0.2) is 6.61 Å². The van der Waals surface area contributed by atoms with Crippen LogP contribution in [0.2, 0.25) is 0 Å². The Balaban J connectivity index is 2.27. The average Bonchev–Trinajstić information content (AvgIpc) is 2.90. The zero-order valence-corrected chi connectivity index (χ0v) is 23.6. The molecule has 232 valence electrons. The van der Waals surface area contributed by atoms with Crippen LogP contribution in [0.15, 0.2) is 42.5 Å². The molecule has 0 aliphatic rings. The lowest BCUT2D eigenvalue weighted by atomic mass is 9.93. The number of methoxy groups -OCH3 is 1. The number of carbonyl (C=O) groups excluding carboxylic acids is 3. The monoisotopic (exact) mass is 603 g/mol. The predicted octanol–water partition coefficient (Wildman–Crippen LogP) is 3.36. The first-order valence-electron chi connectivity index (χ1n) is 12.8. The van der Waals surface area contributed by atoms with E-state index in [2.05, 4.69) is 10.6 Å². The van der Waals surface area contributed by atoms with E-state index >= 15 is 0 Å². The van der Waals surface area contributed by atoms with E-state index in [-0.39, 0.29) is 5.56 Å². The van der Waals surface area contributed by atoms with Crippen molar-refractivity contribution in [2.24, 2.45) is 5.92 Å². The molecular formula is C28H34F5N3O6. The summed E-state index contributed by atoms with van der Waals surface area (Å²) in [6.07, 6.45) is -7.87. The number of halogens is 5.